The van der Waals surface area contributed by atoms with Gasteiger partial charge in [0.2, 0.25) is 0 Å². The summed E-state index contributed by atoms with van der Waals surface area (Å²) < 4.78 is 21.9. The van der Waals surface area contributed by atoms with Crippen LogP contribution in [0.4, 0.5) is 5.69 Å². The largest absolute Gasteiger partial charge is 0.507 e. The van der Waals surface area contributed by atoms with E-state index in [9.17, 15) is 14.7 Å². The number of rotatable bonds is 9. The third-order valence-electron chi connectivity index (χ3n) is 6.02. The van der Waals surface area contributed by atoms with Crippen LogP contribution in [0.5, 0.6) is 23.0 Å². The number of methoxy groups -OCH3 is 2. The van der Waals surface area contributed by atoms with Crippen LogP contribution in [0.2, 0.25) is 0 Å². The van der Waals surface area contributed by atoms with E-state index in [1.807, 2.05) is 13.8 Å². The molecule has 0 bridgehead atoms. The van der Waals surface area contributed by atoms with E-state index in [1.54, 1.807) is 66.7 Å². The molecule has 3 aromatic carbocycles. The van der Waals surface area contributed by atoms with Crippen LogP contribution in [0.15, 0.2) is 72.3 Å². The first kappa shape index (κ1) is 25.6. The van der Waals surface area contributed by atoms with Gasteiger partial charge in [-0.25, -0.2) is 0 Å². The van der Waals surface area contributed by atoms with Crippen LogP contribution in [-0.4, -0.2) is 44.2 Å². The van der Waals surface area contributed by atoms with Crippen molar-refractivity contribution in [2.45, 2.75) is 19.9 Å². The number of nitrogens with zero attached hydrogens (tertiary/aromatic N) is 1. The Morgan fingerprint density at radius 1 is 0.838 bits per heavy atom. The Hall–Kier alpha value is -4.46. The number of anilines is 1. The molecule has 1 atom stereocenters. The lowest BCUT2D eigenvalue weighted by Crippen LogP contribution is -2.29. The van der Waals surface area contributed by atoms with Gasteiger partial charge < -0.3 is 24.1 Å². The number of carbonyl (C=O) groups excluding carboxylic acids is 2. The van der Waals surface area contributed by atoms with Gasteiger partial charge >= 0.3 is 0 Å². The van der Waals surface area contributed by atoms with Crippen molar-refractivity contribution in [3.63, 3.8) is 0 Å². The van der Waals surface area contributed by atoms with Crippen molar-refractivity contribution in [3.8, 4) is 23.0 Å². The maximum atomic E-state index is 13.5. The monoisotopic (exact) mass is 503 g/mol. The van der Waals surface area contributed by atoms with Gasteiger partial charge in [-0.05, 0) is 74.0 Å². The van der Waals surface area contributed by atoms with Crippen molar-refractivity contribution in [1.82, 2.24) is 0 Å². The molecule has 8 heteroatoms. The van der Waals surface area contributed by atoms with Crippen LogP contribution in [0.25, 0.3) is 5.76 Å². The topological polar surface area (TPSA) is 94.5 Å². The van der Waals surface area contributed by atoms with Crippen molar-refractivity contribution < 1.29 is 33.6 Å². The third-order valence-corrected chi connectivity index (χ3v) is 6.02. The number of aliphatic hydroxyl groups excluding tert-OH is 1. The highest BCUT2D eigenvalue weighted by Crippen LogP contribution is 2.44. The fourth-order valence-corrected chi connectivity index (χ4v) is 4.37. The maximum Gasteiger partial charge on any atom is 0.300 e. The molecule has 1 unspecified atom stereocenters. The van der Waals surface area contributed by atoms with E-state index >= 15 is 0 Å². The molecule has 1 N–H and O–H groups in total. The first-order chi connectivity index (χ1) is 17.9. The number of aliphatic hydroxyl groups is 1. The molecule has 0 saturated carbocycles. The summed E-state index contributed by atoms with van der Waals surface area (Å²) in [5.74, 6) is 0.0530. The fraction of sp³-hybridized carbons (Fsp3) is 0.241. The van der Waals surface area contributed by atoms with E-state index in [1.165, 1.54) is 19.1 Å². The van der Waals surface area contributed by atoms with E-state index in [-0.39, 0.29) is 16.9 Å². The molecule has 37 heavy (non-hydrogen) atoms. The summed E-state index contributed by atoms with van der Waals surface area (Å²) >= 11 is 0. The van der Waals surface area contributed by atoms with Crippen molar-refractivity contribution in [2.24, 2.45) is 0 Å². The Kier molecular flexibility index (Phi) is 7.67. The van der Waals surface area contributed by atoms with Gasteiger partial charge in [0.1, 0.15) is 28.8 Å². The van der Waals surface area contributed by atoms with Gasteiger partial charge in [-0.2, -0.15) is 0 Å². The van der Waals surface area contributed by atoms with E-state index < -0.39 is 17.7 Å². The van der Waals surface area contributed by atoms with E-state index in [2.05, 4.69) is 0 Å². The van der Waals surface area contributed by atoms with Gasteiger partial charge in [-0.1, -0.05) is 12.1 Å². The smallest absolute Gasteiger partial charge is 0.300 e. The highest BCUT2D eigenvalue weighted by Gasteiger charge is 2.47. The van der Waals surface area contributed by atoms with Crippen molar-refractivity contribution in [1.29, 1.82) is 0 Å². The van der Waals surface area contributed by atoms with Crippen LogP contribution >= 0.6 is 0 Å². The molecule has 1 aliphatic heterocycles. The zero-order valence-corrected chi connectivity index (χ0v) is 21.2. The molecule has 3 aromatic rings. The SMILES string of the molecule is CCOc1ccc(N2C(=O)C(=O)/C(=C(/O)c3cc(OC)ccc3OC)C2c2cccc(OCC)c2)cc1. The highest BCUT2D eigenvalue weighted by molar-refractivity contribution is 6.51. The molecule has 0 radical (unpaired) electrons. The molecule has 1 heterocycles. The van der Waals surface area contributed by atoms with E-state index in [0.29, 0.717) is 47.5 Å². The number of amides is 1. The first-order valence-electron chi connectivity index (χ1n) is 11.9. The number of hydrogen-bond donors (Lipinski definition) is 1. The molecule has 8 nitrogen and oxygen atoms in total. The molecule has 1 amide bonds. The van der Waals surface area contributed by atoms with Crippen LogP contribution in [0.1, 0.15) is 31.0 Å². The molecule has 192 valence electrons. The molecule has 1 aliphatic rings. The number of carbonyl (C=O) groups is 2. The molecule has 1 saturated heterocycles. The summed E-state index contributed by atoms with van der Waals surface area (Å²) in [6.45, 7) is 4.69. The van der Waals surface area contributed by atoms with Crippen molar-refractivity contribution in [3.05, 3.63) is 83.4 Å². The normalized spacial score (nSPS) is 16.5. The first-order valence-corrected chi connectivity index (χ1v) is 11.9. The second-order valence-corrected chi connectivity index (χ2v) is 8.17. The third kappa shape index (κ3) is 4.95. The number of Topliss-reactive ketones (excluding diaryl/α,β-unsaturated/α-hetero) is 1. The van der Waals surface area contributed by atoms with Gasteiger partial charge in [-0.3, -0.25) is 14.5 Å². The van der Waals surface area contributed by atoms with Crippen LogP contribution < -0.4 is 23.8 Å². The van der Waals surface area contributed by atoms with Gasteiger partial charge in [0.25, 0.3) is 11.7 Å². The lowest BCUT2D eigenvalue weighted by Gasteiger charge is -2.26. The minimum absolute atomic E-state index is 0.0703. The Bertz CT molecular complexity index is 1330. The number of hydrogen-bond acceptors (Lipinski definition) is 7. The summed E-state index contributed by atoms with van der Waals surface area (Å²) in [4.78, 5) is 28.3. The Labute approximate surface area is 215 Å². The standard InChI is InChI=1S/C29H29NO7/c1-5-36-20-12-10-19(11-13-20)30-26(18-8-7-9-22(16-18)37-6-2)25(28(32)29(30)33)27(31)23-17-21(34-3)14-15-24(23)35-4/h7-17,26,31H,5-6H2,1-4H3/b27-25+. The second kappa shape index (κ2) is 11.1. The summed E-state index contributed by atoms with van der Waals surface area (Å²) in [5.41, 5.74) is 1.24. The second-order valence-electron chi connectivity index (χ2n) is 8.17. The Morgan fingerprint density at radius 2 is 1.51 bits per heavy atom. The van der Waals surface area contributed by atoms with Gasteiger partial charge in [0, 0.05) is 5.69 Å². The Morgan fingerprint density at radius 3 is 2.16 bits per heavy atom. The molecule has 4 rings (SSSR count). The zero-order chi connectivity index (χ0) is 26.5. The maximum absolute atomic E-state index is 13.5. The summed E-state index contributed by atoms with van der Waals surface area (Å²) in [5, 5.41) is 11.5. The predicted octanol–water partition coefficient (Wildman–Crippen LogP) is 5.13. The number of ketones is 1. The van der Waals surface area contributed by atoms with Crippen molar-refractivity contribution in [2.75, 3.05) is 32.3 Å². The van der Waals surface area contributed by atoms with Gasteiger partial charge in [0.15, 0.2) is 0 Å². The van der Waals surface area contributed by atoms with Gasteiger partial charge in [0.05, 0.1) is 44.6 Å². The summed E-state index contributed by atoms with van der Waals surface area (Å²) in [7, 11) is 2.95. The zero-order valence-electron chi connectivity index (χ0n) is 21.2. The average Bonchev–Trinajstić information content (AvgIpc) is 3.19. The molecule has 0 aromatic heterocycles. The minimum Gasteiger partial charge on any atom is -0.507 e. The van der Waals surface area contributed by atoms with Crippen LogP contribution in [0, 0.1) is 0 Å². The molecular formula is C29H29NO7. The fourth-order valence-electron chi connectivity index (χ4n) is 4.37. The average molecular weight is 504 g/mol. The van der Waals surface area contributed by atoms with E-state index in [4.69, 9.17) is 18.9 Å². The lowest BCUT2D eigenvalue weighted by atomic mass is 9.94. The molecule has 1 fully saturated rings. The number of ether oxygens (including phenoxy) is 4. The number of benzene rings is 3. The minimum atomic E-state index is -0.922. The highest BCUT2D eigenvalue weighted by atomic mass is 16.5. The summed E-state index contributed by atoms with van der Waals surface area (Å²) in [6.07, 6.45) is 0. The van der Waals surface area contributed by atoms with Crippen LogP contribution in [0.3, 0.4) is 0 Å². The molecular weight excluding hydrogens is 474 g/mol. The van der Waals surface area contributed by atoms with E-state index in [0.717, 1.165) is 0 Å². The Balaban J connectivity index is 1.94. The lowest BCUT2D eigenvalue weighted by molar-refractivity contribution is -0.132. The van der Waals surface area contributed by atoms with Crippen molar-refractivity contribution >= 4 is 23.1 Å². The quantitative estimate of drug-likeness (QED) is 0.246. The molecule has 0 spiro atoms. The van der Waals surface area contributed by atoms with Gasteiger partial charge in [-0.15, -0.1) is 0 Å². The molecule has 0 aliphatic carbocycles. The van der Waals surface area contributed by atoms with Crippen LogP contribution in [-0.2, 0) is 9.59 Å². The summed E-state index contributed by atoms with van der Waals surface area (Å²) in [6, 6.07) is 18.0. The predicted molar refractivity (Wildman–Crippen MR) is 140 cm³/mol.